The van der Waals surface area contributed by atoms with Crippen molar-refractivity contribution in [3.63, 3.8) is 0 Å². The number of aryl methyl sites for hydroxylation is 3. The number of carbonyl (C=O) groups is 2. The van der Waals surface area contributed by atoms with Gasteiger partial charge >= 0.3 is 0 Å². The minimum Gasteiger partial charge on any atom is -0.361 e. The van der Waals surface area contributed by atoms with Crippen LogP contribution in [-0.2, 0) is 38.8 Å². The van der Waals surface area contributed by atoms with Gasteiger partial charge in [-0.05, 0) is 61.3 Å². The Labute approximate surface area is 197 Å². The summed E-state index contributed by atoms with van der Waals surface area (Å²) in [5.41, 5.74) is 6.63. The maximum atomic E-state index is 13.3. The zero-order valence-corrected chi connectivity index (χ0v) is 19.9. The molecule has 0 unspecified atom stereocenters. The zero-order valence-electron chi connectivity index (χ0n) is 19.1. The van der Waals surface area contributed by atoms with Crippen LogP contribution in [0.3, 0.4) is 0 Å². The summed E-state index contributed by atoms with van der Waals surface area (Å²) >= 11 is 1.73. The molecule has 7 nitrogen and oxygen atoms in total. The van der Waals surface area contributed by atoms with Gasteiger partial charge in [0, 0.05) is 54.3 Å². The van der Waals surface area contributed by atoms with Crippen LogP contribution in [-0.4, -0.2) is 33.4 Å². The van der Waals surface area contributed by atoms with E-state index in [0.717, 1.165) is 41.6 Å². The lowest BCUT2D eigenvalue weighted by Crippen LogP contribution is -2.37. The number of aromatic nitrogens is 2. The van der Waals surface area contributed by atoms with Crippen LogP contribution in [0.15, 0.2) is 22.2 Å². The van der Waals surface area contributed by atoms with Crippen molar-refractivity contribution in [3.8, 4) is 0 Å². The lowest BCUT2D eigenvalue weighted by molar-refractivity contribution is 0.0733. The van der Waals surface area contributed by atoms with Crippen LogP contribution in [0, 0.1) is 6.92 Å². The van der Waals surface area contributed by atoms with Gasteiger partial charge in [-0.25, -0.2) is 0 Å². The van der Waals surface area contributed by atoms with E-state index in [1.54, 1.807) is 17.4 Å². The van der Waals surface area contributed by atoms with E-state index < -0.39 is 0 Å². The van der Waals surface area contributed by atoms with Crippen LogP contribution in [0.25, 0.3) is 0 Å². The number of fused-ring (bicyclic) bond motifs is 2. The van der Waals surface area contributed by atoms with Crippen LogP contribution in [0.4, 0.5) is 0 Å². The van der Waals surface area contributed by atoms with E-state index in [9.17, 15) is 9.59 Å². The molecule has 0 fully saturated rings. The largest absolute Gasteiger partial charge is 0.361 e. The van der Waals surface area contributed by atoms with Crippen molar-refractivity contribution in [1.29, 1.82) is 0 Å². The minimum absolute atomic E-state index is 0.133. The second-order valence-electron chi connectivity index (χ2n) is 8.78. The number of thiophene rings is 1. The molecule has 5 rings (SSSR count). The lowest BCUT2D eigenvalue weighted by Gasteiger charge is -2.31. The standard InChI is InChI=1S/C25H28N4O3S/c1-3-17-10-22(28-32-17)24(30)27-12-20-15(2)26-11-16-13-29(9-8-18(16)20)25(31)21-14-33-23-7-5-4-6-19(21)23/h10-11,14H,3-9,12-13H2,1-2H3,(H,27,30). The first-order chi connectivity index (χ1) is 16.0. The average molecular weight is 465 g/mol. The summed E-state index contributed by atoms with van der Waals surface area (Å²) in [7, 11) is 0. The van der Waals surface area contributed by atoms with Crippen molar-refractivity contribution >= 4 is 23.2 Å². The first-order valence-electron chi connectivity index (χ1n) is 11.6. The molecule has 0 atom stereocenters. The summed E-state index contributed by atoms with van der Waals surface area (Å²) < 4.78 is 5.14. The predicted octanol–water partition coefficient (Wildman–Crippen LogP) is 4.01. The molecular weight excluding hydrogens is 436 g/mol. The molecule has 2 aliphatic rings. The topological polar surface area (TPSA) is 88.3 Å². The molecule has 0 bridgehead atoms. The van der Waals surface area contributed by atoms with Gasteiger partial charge in [0.25, 0.3) is 11.8 Å². The van der Waals surface area contributed by atoms with Crippen molar-refractivity contribution in [2.45, 2.75) is 65.5 Å². The summed E-state index contributed by atoms with van der Waals surface area (Å²) in [5.74, 6) is 0.560. The fourth-order valence-electron chi connectivity index (χ4n) is 4.82. The van der Waals surface area contributed by atoms with Crippen molar-refractivity contribution in [1.82, 2.24) is 20.4 Å². The fourth-order valence-corrected chi connectivity index (χ4v) is 5.94. The highest BCUT2D eigenvalue weighted by atomic mass is 32.1. The quantitative estimate of drug-likeness (QED) is 0.616. The molecular formula is C25H28N4O3S. The van der Waals surface area contributed by atoms with Crippen LogP contribution in [0.2, 0.25) is 0 Å². The SMILES string of the molecule is CCc1cc(C(=O)NCc2c(C)ncc3c2CCN(C(=O)c2csc4c2CCCC4)C3)no1. The predicted molar refractivity (Wildman–Crippen MR) is 125 cm³/mol. The molecule has 1 aliphatic heterocycles. The van der Waals surface area contributed by atoms with Crippen LogP contribution < -0.4 is 5.32 Å². The Kier molecular flexibility index (Phi) is 6.01. The maximum Gasteiger partial charge on any atom is 0.273 e. The van der Waals surface area contributed by atoms with Crippen LogP contribution in [0.1, 0.15) is 79.2 Å². The lowest BCUT2D eigenvalue weighted by atomic mass is 9.93. The zero-order chi connectivity index (χ0) is 22.9. The third-order valence-electron chi connectivity index (χ3n) is 6.74. The van der Waals surface area contributed by atoms with Gasteiger partial charge in [-0.15, -0.1) is 11.3 Å². The van der Waals surface area contributed by atoms with Crippen LogP contribution in [0.5, 0.6) is 0 Å². The Morgan fingerprint density at radius 3 is 2.88 bits per heavy atom. The van der Waals surface area contributed by atoms with Gasteiger partial charge in [0.05, 0.1) is 5.56 Å². The van der Waals surface area contributed by atoms with E-state index in [0.29, 0.717) is 31.8 Å². The summed E-state index contributed by atoms with van der Waals surface area (Å²) in [4.78, 5) is 33.7. The molecule has 0 aromatic carbocycles. The second kappa shape index (κ2) is 9.09. The number of hydrogen-bond donors (Lipinski definition) is 1. The number of nitrogens with zero attached hydrogens (tertiary/aromatic N) is 3. The van der Waals surface area contributed by atoms with Gasteiger partial charge in [-0.3, -0.25) is 14.6 Å². The third-order valence-corrected chi connectivity index (χ3v) is 7.83. The van der Waals surface area contributed by atoms with Gasteiger partial charge < -0.3 is 14.7 Å². The van der Waals surface area contributed by atoms with Gasteiger partial charge in [0.15, 0.2) is 5.69 Å². The number of pyridine rings is 1. The van der Waals surface area contributed by atoms with E-state index in [4.69, 9.17) is 4.52 Å². The average Bonchev–Trinajstić information content (AvgIpc) is 3.50. The fraction of sp³-hybridized carbons (Fsp3) is 0.440. The monoisotopic (exact) mass is 464 g/mol. The molecule has 172 valence electrons. The van der Waals surface area contributed by atoms with Crippen LogP contribution >= 0.6 is 11.3 Å². The summed E-state index contributed by atoms with van der Waals surface area (Å²) in [5, 5.41) is 8.85. The van der Waals surface area contributed by atoms with Crippen molar-refractivity contribution in [2.24, 2.45) is 0 Å². The number of amides is 2. The van der Waals surface area contributed by atoms with E-state index >= 15 is 0 Å². The number of nitrogens with one attached hydrogen (secondary N) is 1. The Bertz CT molecular complexity index is 1210. The number of hydrogen-bond acceptors (Lipinski definition) is 6. The highest BCUT2D eigenvalue weighted by molar-refractivity contribution is 7.10. The maximum absolute atomic E-state index is 13.3. The molecule has 33 heavy (non-hydrogen) atoms. The summed E-state index contributed by atoms with van der Waals surface area (Å²) in [6.45, 7) is 5.51. The van der Waals surface area contributed by atoms with Gasteiger partial charge in [-0.1, -0.05) is 12.1 Å². The van der Waals surface area contributed by atoms with Gasteiger partial charge in [-0.2, -0.15) is 0 Å². The second-order valence-corrected chi connectivity index (χ2v) is 9.74. The molecule has 0 saturated heterocycles. The number of rotatable bonds is 5. The molecule has 1 N–H and O–H groups in total. The molecule has 2 amide bonds. The van der Waals surface area contributed by atoms with Gasteiger partial charge in [0.2, 0.25) is 0 Å². The van der Waals surface area contributed by atoms with Crippen molar-refractivity contribution in [2.75, 3.05) is 6.54 Å². The van der Waals surface area contributed by atoms with E-state index in [1.165, 1.54) is 28.8 Å². The summed E-state index contributed by atoms with van der Waals surface area (Å²) in [6, 6.07) is 1.67. The Morgan fingerprint density at radius 2 is 2.06 bits per heavy atom. The highest BCUT2D eigenvalue weighted by Gasteiger charge is 2.28. The normalized spacial score (nSPS) is 15.2. The highest BCUT2D eigenvalue weighted by Crippen LogP contribution is 2.32. The molecule has 0 spiro atoms. The molecule has 0 saturated carbocycles. The van der Waals surface area contributed by atoms with Gasteiger partial charge in [0.1, 0.15) is 5.76 Å². The first-order valence-corrected chi connectivity index (χ1v) is 12.5. The smallest absolute Gasteiger partial charge is 0.273 e. The molecule has 0 radical (unpaired) electrons. The number of carbonyl (C=O) groups excluding carboxylic acids is 2. The molecule has 8 heteroatoms. The third kappa shape index (κ3) is 4.19. The Morgan fingerprint density at radius 1 is 1.21 bits per heavy atom. The first kappa shape index (κ1) is 21.8. The minimum atomic E-state index is -0.259. The van der Waals surface area contributed by atoms with E-state index in [-0.39, 0.29) is 17.5 Å². The van der Waals surface area contributed by atoms with Crippen molar-refractivity contribution in [3.05, 3.63) is 67.5 Å². The molecule has 1 aliphatic carbocycles. The van der Waals surface area contributed by atoms with E-state index in [1.807, 2.05) is 24.9 Å². The van der Waals surface area contributed by atoms with Crippen molar-refractivity contribution < 1.29 is 14.1 Å². The Hall–Kier alpha value is -3.00. The molecule has 3 aromatic heterocycles. The Balaban J connectivity index is 1.31. The summed E-state index contributed by atoms with van der Waals surface area (Å²) in [6.07, 6.45) is 7.83. The molecule has 4 heterocycles. The molecule has 3 aromatic rings. The van der Waals surface area contributed by atoms with E-state index in [2.05, 4.69) is 20.8 Å².